The summed E-state index contributed by atoms with van der Waals surface area (Å²) in [4.78, 5) is 12.1. The molecule has 5 nitrogen and oxygen atoms in total. The van der Waals surface area contributed by atoms with Crippen molar-refractivity contribution in [3.8, 4) is 11.5 Å². The molecular formula is C19H22N2O3S. The van der Waals surface area contributed by atoms with Gasteiger partial charge in [0.25, 0.3) is 5.91 Å². The summed E-state index contributed by atoms with van der Waals surface area (Å²) in [5.74, 6) is 1.98. The number of carbonyl (C=O) groups excluding carboxylic acids is 1. The summed E-state index contributed by atoms with van der Waals surface area (Å²) in [6.45, 7) is 1.87. The van der Waals surface area contributed by atoms with Gasteiger partial charge in [-0.1, -0.05) is 30.3 Å². The Hall–Kier alpha value is -2.47. The van der Waals surface area contributed by atoms with Crippen LogP contribution in [-0.4, -0.2) is 31.6 Å². The number of amides is 1. The third-order valence-corrected chi connectivity index (χ3v) is 4.75. The molecule has 0 saturated heterocycles. The lowest BCUT2D eigenvalue weighted by Gasteiger charge is -2.10. The highest BCUT2D eigenvalue weighted by Gasteiger charge is 2.12. The first-order valence-electron chi connectivity index (χ1n) is 7.84. The minimum Gasteiger partial charge on any atom is -0.497 e. The first-order chi connectivity index (χ1) is 12.1. The number of rotatable bonds is 8. The standard InChI is InChI=1S/C19H22N2O3S/c1-14(25-13-15-7-5-4-6-8-15)19(22)21-20-12-16-9-10-17(23-2)11-18(16)24-3/h4-12,14H,13H2,1-3H3,(H,21,22)/b20-12-/t14-/m0/s1. The van der Waals surface area contributed by atoms with Gasteiger partial charge in [-0.05, 0) is 24.6 Å². The molecule has 2 aromatic rings. The maximum atomic E-state index is 12.1. The Labute approximate surface area is 152 Å². The fourth-order valence-electron chi connectivity index (χ4n) is 2.05. The summed E-state index contributed by atoms with van der Waals surface area (Å²) in [5, 5.41) is 3.82. The van der Waals surface area contributed by atoms with Crippen LogP contribution in [0.3, 0.4) is 0 Å². The molecule has 0 heterocycles. The van der Waals surface area contributed by atoms with E-state index in [1.165, 1.54) is 5.56 Å². The zero-order valence-electron chi connectivity index (χ0n) is 14.6. The number of nitrogens with one attached hydrogen (secondary N) is 1. The van der Waals surface area contributed by atoms with E-state index in [4.69, 9.17) is 9.47 Å². The molecule has 0 aliphatic heterocycles. The minimum atomic E-state index is -0.199. The van der Waals surface area contributed by atoms with Crippen LogP contribution < -0.4 is 14.9 Å². The van der Waals surface area contributed by atoms with E-state index in [-0.39, 0.29) is 11.2 Å². The van der Waals surface area contributed by atoms with Crippen LogP contribution >= 0.6 is 11.8 Å². The van der Waals surface area contributed by atoms with Crippen molar-refractivity contribution in [2.75, 3.05) is 14.2 Å². The third kappa shape index (κ3) is 5.83. The van der Waals surface area contributed by atoms with Gasteiger partial charge in [-0.25, -0.2) is 5.43 Å². The van der Waals surface area contributed by atoms with Gasteiger partial charge in [-0.2, -0.15) is 5.10 Å². The van der Waals surface area contributed by atoms with Gasteiger partial charge < -0.3 is 9.47 Å². The molecule has 0 fully saturated rings. The van der Waals surface area contributed by atoms with E-state index < -0.39 is 0 Å². The van der Waals surface area contributed by atoms with Crippen LogP contribution in [0.4, 0.5) is 0 Å². The summed E-state index contributed by atoms with van der Waals surface area (Å²) >= 11 is 1.57. The number of carbonyl (C=O) groups is 1. The number of thioether (sulfide) groups is 1. The van der Waals surface area contributed by atoms with Gasteiger partial charge >= 0.3 is 0 Å². The number of hydrogen-bond acceptors (Lipinski definition) is 5. The van der Waals surface area contributed by atoms with Crippen LogP contribution in [0.25, 0.3) is 0 Å². The normalized spacial score (nSPS) is 12.0. The SMILES string of the molecule is COc1ccc(/C=N\NC(=O)[C@H](C)SCc2ccccc2)c(OC)c1. The molecule has 132 valence electrons. The molecule has 0 aliphatic rings. The van der Waals surface area contributed by atoms with Crippen LogP contribution in [0.2, 0.25) is 0 Å². The Balaban J connectivity index is 1.87. The molecule has 0 spiro atoms. The zero-order valence-corrected chi connectivity index (χ0v) is 15.4. The van der Waals surface area contributed by atoms with Gasteiger partial charge in [-0.3, -0.25) is 4.79 Å². The predicted molar refractivity (Wildman–Crippen MR) is 102 cm³/mol. The van der Waals surface area contributed by atoms with Crippen LogP contribution in [0, 0.1) is 0 Å². The van der Waals surface area contributed by atoms with Gasteiger partial charge in [0.1, 0.15) is 11.5 Å². The lowest BCUT2D eigenvalue weighted by molar-refractivity contribution is -0.120. The Bertz CT molecular complexity index is 720. The highest BCUT2D eigenvalue weighted by molar-refractivity contribution is 7.99. The Morgan fingerprint density at radius 3 is 2.64 bits per heavy atom. The summed E-state index contributed by atoms with van der Waals surface area (Å²) in [7, 11) is 3.17. The lowest BCUT2D eigenvalue weighted by atomic mass is 10.2. The molecule has 0 aromatic heterocycles. The molecule has 0 radical (unpaired) electrons. The maximum absolute atomic E-state index is 12.1. The van der Waals surface area contributed by atoms with E-state index in [0.717, 1.165) is 11.3 Å². The van der Waals surface area contributed by atoms with Gasteiger partial charge in [0, 0.05) is 17.4 Å². The summed E-state index contributed by atoms with van der Waals surface area (Å²) < 4.78 is 10.4. The second-order valence-electron chi connectivity index (χ2n) is 5.28. The highest BCUT2D eigenvalue weighted by Crippen LogP contribution is 2.23. The van der Waals surface area contributed by atoms with Gasteiger partial charge in [0.15, 0.2) is 0 Å². The number of methoxy groups -OCH3 is 2. The van der Waals surface area contributed by atoms with Crippen LogP contribution in [0.15, 0.2) is 53.6 Å². The minimum absolute atomic E-state index is 0.135. The average Bonchev–Trinajstić information content (AvgIpc) is 2.66. The quantitative estimate of drug-likeness (QED) is 0.580. The molecule has 2 rings (SSSR count). The average molecular weight is 358 g/mol. The van der Waals surface area contributed by atoms with E-state index in [2.05, 4.69) is 10.5 Å². The van der Waals surface area contributed by atoms with Crippen molar-refractivity contribution in [3.05, 3.63) is 59.7 Å². The molecule has 1 amide bonds. The number of hydrazone groups is 1. The van der Waals surface area contributed by atoms with Crippen LogP contribution in [0.5, 0.6) is 11.5 Å². The lowest BCUT2D eigenvalue weighted by Crippen LogP contribution is -2.27. The van der Waals surface area contributed by atoms with Gasteiger partial charge in [-0.15, -0.1) is 11.8 Å². The van der Waals surface area contributed by atoms with E-state index >= 15 is 0 Å². The van der Waals surface area contributed by atoms with E-state index in [1.807, 2.05) is 49.4 Å². The fraction of sp³-hybridized carbons (Fsp3) is 0.263. The molecule has 1 atom stereocenters. The molecule has 0 saturated carbocycles. The van der Waals surface area contributed by atoms with E-state index in [9.17, 15) is 4.79 Å². The maximum Gasteiger partial charge on any atom is 0.252 e. The molecule has 0 bridgehead atoms. The van der Waals surface area contributed by atoms with Crippen molar-refractivity contribution < 1.29 is 14.3 Å². The molecule has 1 N–H and O–H groups in total. The number of ether oxygens (including phenoxy) is 2. The van der Waals surface area contributed by atoms with Crippen LogP contribution in [-0.2, 0) is 10.5 Å². The number of nitrogens with zero attached hydrogens (tertiary/aromatic N) is 1. The number of benzene rings is 2. The monoisotopic (exact) mass is 358 g/mol. The Morgan fingerprint density at radius 1 is 1.20 bits per heavy atom. The topological polar surface area (TPSA) is 59.9 Å². The second kappa shape index (κ2) is 9.74. The summed E-state index contributed by atoms with van der Waals surface area (Å²) in [6, 6.07) is 15.5. The highest BCUT2D eigenvalue weighted by atomic mass is 32.2. The summed E-state index contributed by atoms with van der Waals surface area (Å²) in [6.07, 6.45) is 1.56. The fourth-order valence-corrected chi connectivity index (χ4v) is 2.89. The number of hydrogen-bond donors (Lipinski definition) is 1. The second-order valence-corrected chi connectivity index (χ2v) is 6.61. The molecule has 2 aromatic carbocycles. The largest absolute Gasteiger partial charge is 0.497 e. The summed E-state index contributed by atoms with van der Waals surface area (Å²) in [5.41, 5.74) is 4.52. The molecular weight excluding hydrogens is 336 g/mol. The first-order valence-corrected chi connectivity index (χ1v) is 8.89. The Morgan fingerprint density at radius 2 is 1.96 bits per heavy atom. The molecule has 0 unspecified atom stereocenters. The zero-order chi connectivity index (χ0) is 18.1. The van der Waals surface area contributed by atoms with Crippen molar-refractivity contribution in [2.45, 2.75) is 17.9 Å². The first kappa shape index (κ1) is 18.9. The van der Waals surface area contributed by atoms with Crippen molar-refractivity contribution in [1.29, 1.82) is 0 Å². The van der Waals surface area contributed by atoms with Crippen molar-refractivity contribution >= 4 is 23.9 Å². The smallest absolute Gasteiger partial charge is 0.252 e. The third-order valence-electron chi connectivity index (χ3n) is 3.53. The van der Waals surface area contributed by atoms with Gasteiger partial charge in [0.05, 0.1) is 25.7 Å². The predicted octanol–water partition coefficient (Wildman–Crippen LogP) is 3.48. The van der Waals surface area contributed by atoms with Crippen LogP contribution in [0.1, 0.15) is 18.1 Å². The Kier molecular flexibility index (Phi) is 7.35. The van der Waals surface area contributed by atoms with E-state index in [0.29, 0.717) is 11.5 Å². The van der Waals surface area contributed by atoms with Gasteiger partial charge in [0.2, 0.25) is 0 Å². The van der Waals surface area contributed by atoms with Crippen molar-refractivity contribution in [2.24, 2.45) is 5.10 Å². The van der Waals surface area contributed by atoms with Crippen molar-refractivity contribution in [1.82, 2.24) is 5.43 Å². The molecule has 25 heavy (non-hydrogen) atoms. The van der Waals surface area contributed by atoms with Crippen molar-refractivity contribution in [3.63, 3.8) is 0 Å². The van der Waals surface area contributed by atoms with E-state index in [1.54, 1.807) is 38.3 Å². The molecule has 6 heteroatoms. The molecule has 0 aliphatic carbocycles.